The van der Waals surface area contributed by atoms with Gasteiger partial charge >= 0.3 is 0 Å². The summed E-state index contributed by atoms with van der Waals surface area (Å²) in [7, 11) is 0. The highest BCUT2D eigenvalue weighted by molar-refractivity contribution is 6.17. The number of carbonyl (C=O) groups is 1. The number of hydrogen-bond acceptors (Lipinski definition) is 1. The Morgan fingerprint density at radius 3 is 2.64 bits per heavy atom. The molecule has 0 spiro atoms. The van der Waals surface area contributed by atoms with E-state index >= 15 is 0 Å². The van der Waals surface area contributed by atoms with Gasteiger partial charge in [-0.25, -0.2) is 0 Å². The quantitative estimate of drug-likeness (QED) is 0.657. The Morgan fingerprint density at radius 1 is 1.43 bits per heavy atom. The molecule has 80 valence electrons. The van der Waals surface area contributed by atoms with Gasteiger partial charge in [-0.05, 0) is 30.8 Å². The third kappa shape index (κ3) is 2.60. The smallest absolute Gasteiger partial charge is 0.161 e. The van der Waals surface area contributed by atoms with E-state index in [1.54, 1.807) is 6.08 Å². The van der Waals surface area contributed by atoms with Gasteiger partial charge in [-0.15, -0.1) is 11.6 Å². The minimum absolute atomic E-state index is 0.148. The molecule has 0 fully saturated rings. The summed E-state index contributed by atoms with van der Waals surface area (Å²) >= 11 is 5.67. The molecule has 1 nitrogen and oxygen atoms in total. The van der Waals surface area contributed by atoms with Crippen LogP contribution in [-0.4, -0.2) is 11.7 Å². The van der Waals surface area contributed by atoms with Crippen molar-refractivity contribution in [3.8, 4) is 0 Å². The minimum atomic E-state index is -0.187. The lowest BCUT2D eigenvalue weighted by Crippen LogP contribution is -2.35. The fraction of sp³-hybridized carbons (Fsp3) is 0.750. The second kappa shape index (κ2) is 4.06. The average Bonchev–Trinajstić information content (AvgIpc) is 2.08. The molecule has 0 saturated carbocycles. The fourth-order valence-corrected chi connectivity index (χ4v) is 2.46. The number of carbonyl (C=O) groups excluding carboxylic acids is 1. The molecule has 0 saturated heterocycles. The van der Waals surface area contributed by atoms with Crippen LogP contribution in [0, 0.1) is 10.8 Å². The summed E-state index contributed by atoms with van der Waals surface area (Å²) in [5.41, 5.74) is -0.0396. The van der Waals surface area contributed by atoms with E-state index in [4.69, 9.17) is 11.6 Å². The second-order valence-corrected chi connectivity index (χ2v) is 5.59. The van der Waals surface area contributed by atoms with E-state index in [1.807, 2.05) is 6.08 Å². The van der Waals surface area contributed by atoms with Crippen molar-refractivity contribution in [2.45, 2.75) is 40.0 Å². The summed E-state index contributed by atoms with van der Waals surface area (Å²) in [6, 6.07) is 0. The van der Waals surface area contributed by atoms with Crippen molar-refractivity contribution in [3.05, 3.63) is 12.2 Å². The molecule has 0 amide bonds. The number of ketones is 1. The van der Waals surface area contributed by atoms with E-state index in [1.165, 1.54) is 0 Å². The number of halogens is 1. The van der Waals surface area contributed by atoms with Crippen molar-refractivity contribution >= 4 is 17.4 Å². The largest absolute Gasteiger partial charge is 0.294 e. The average molecular weight is 215 g/mol. The Hall–Kier alpha value is -0.300. The van der Waals surface area contributed by atoms with Gasteiger partial charge < -0.3 is 0 Å². The predicted molar refractivity (Wildman–Crippen MR) is 60.6 cm³/mol. The first-order valence-electron chi connectivity index (χ1n) is 5.19. The molecule has 0 N–H and O–H groups in total. The maximum atomic E-state index is 11.8. The zero-order valence-corrected chi connectivity index (χ0v) is 10.0. The van der Waals surface area contributed by atoms with Crippen LogP contribution in [0.2, 0.25) is 0 Å². The molecule has 2 heteroatoms. The molecule has 1 aliphatic rings. The van der Waals surface area contributed by atoms with Gasteiger partial charge in [-0.3, -0.25) is 4.79 Å². The van der Waals surface area contributed by atoms with Crippen molar-refractivity contribution in [1.82, 2.24) is 0 Å². The lowest BCUT2D eigenvalue weighted by Gasteiger charge is -2.37. The van der Waals surface area contributed by atoms with E-state index in [9.17, 15) is 4.79 Å². The summed E-state index contributed by atoms with van der Waals surface area (Å²) < 4.78 is 0. The second-order valence-electron chi connectivity index (χ2n) is 5.22. The molecule has 1 aliphatic carbocycles. The third-order valence-corrected chi connectivity index (χ3v) is 3.26. The lowest BCUT2D eigenvalue weighted by molar-refractivity contribution is -0.125. The van der Waals surface area contributed by atoms with Gasteiger partial charge in [0.25, 0.3) is 0 Å². The zero-order valence-electron chi connectivity index (χ0n) is 9.27. The maximum absolute atomic E-state index is 11.8. The Bertz CT molecular complexity index is 255. The van der Waals surface area contributed by atoms with Crippen LogP contribution < -0.4 is 0 Å². The predicted octanol–water partition coefficient (Wildman–Crippen LogP) is 3.57. The first-order chi connectivity index (χ1) is 6.40. The Labute approximate surface area is 91.5 Å². The SMILES string of the molecule is CC1(C)C=CC(=O)C(C)(CCCCl)C1. The van der Waals surface area contributed by atoms with Gasteiger partial charge in [0, 0.05) is 11.3 Å². The van der Waals surface area contributed by atoms with Crippen LogP contribution in [0.15, 0.2) is 12.2 Å². The molecular formula is C12H19ClO. The third-order valence-electron chi connectivity index (χ3n) is 2.99. The summed E-state index contributed by atoms with van der Waals surface area (Å²) in [6.07, 6.45) is 6.54. The normalized spacial score (nSPS) is 30.7. The summed E-state index contributed by atoms with van der Waals surface area (Å²) in [5, 5.41) is 0. The van der Waals surface area contributed by atoms with Crippen molar-refractivity contribution in [2.75, 3.05) is 5.88 Å². The number of alkyl halides is 1. The molecule has 0 aromatic carbocycles. The highest BCUT2D eigenvalue weighted by Crippen LogP contribution is 2.42. The molecule has 1 rings (SSSR count). The molecule has 0 heterocycles. The summed E-state index contributed by atoms with van der Waals surface area (Å²) in [4.78, 5) is 11.8. The molecule has 0 bridgehead atoms. The standard InChI is InChI=1S/C12H19ClO/c1-11(2)7-5-10(14)12(3,9-11)6-4-8-13/h5,7H,4,6,8-9H2,1-3H3. The molecule has 0 aromatic rings. The van der Waals surface area contributed by atoms with Crippen molar-refractivity contribution in [2.24, 2.45) is 10.8 Å². The molecule has 0 aliphatic heterocycles. The molecule has 0 aromatic heterocycles. The molecule has 1 unspecified atom stereocenters. The van der Waals surface area contributed by atoms with Crippen LogP contribution in [0.25, 0.3) is 0 Å². The molecular weight excluding hydrogens is 196 g/mol. The van der Waals surface area contributed by atoms with E-state index in [-0.39, 0.29) is 16.6 Å². The van der Waals surface area contributed by atoms with E-state index < -0.39 is 0 Å². The van der Waals surface area contributed by atoms with Gasteiger partial charge in [0.05, 0.1) is 0 Å². The van der Waals surface area contributed by atoms with Crippen LogP contribution in [0.4, 0.5) is 0 Å². The summed E-state index contributed by atoms with van der Waals surface area (Å²) in [6.45, 7) is 6.41. The zero-order chi connectivity index (χ0) is 10.8. The monoisotopic (exact) mass is 214 g/mol. The van der Waals surface area contributed by atoms with Gasteiger partial charge in [0.15, 0.2) is 5.78 Å². The van der Waals surface area contributed by atoms with Crippen molar-refractivity contribution < 1.29 is 4.79 Å². The molecule has 1 atom stereocenters. The Kier molecular flexibility index (Phi) is 3.41. The van der Waals surface area contributed by atoms with Crippen LogP contribution in [0.5, 0.6) is 0 Å². The first kappa shape index (κ1) is 11.8. The van der Waals surface area contributed by atoms with Crippen molar-refractivity contribution in [3.63, 3.8) is 0 Å². The highest BCUT2D eigenvalue weighted by atomic mass is 35.5. The van der Waals surface area contributed by atoms with Gasteiger partial charge in [-0.2, -0.15) is 0 Å². The van der Waals surface area contributed by atoms with Gasteiger partial charge in [0.2, 0.25) is 0 Å². The van der Waals surface area contributed by atoms with E-state index in [2.05, 4.69) is 20.8 Å². The first-order valence-corrected chi connectivity index (χ1v) is 5.73. The van der Waals surface area contributed by atoms with E-state index in [0.29, 0.717) is 5.88 Å². The van der Waals surface area contributed by atoms with Gasteiger partial charge in [-0.1, -0.05) is 26.8 Å². The molecule has 14 heavy (non-hydrogen) atoms. The van der Waals surface area contributed by atoms with Crippen molar-refractivity contribution in [1.29, 1.82) is 0 Å². The van der Waals surface area contributed by atoms with Gasteiger partial charge in [0.1, 0.15) is 0 Å². The van der Waals surface area contributed by atoms with Crippen LogP contribution in [-0.2, 0) is 4.79 Å². The summed E-state index contributed by atoms with van der Waals surface area (Å²) in [5.74, 6) is 0.912. The van der Waals surface area contributed by atoms with E-state index in [0.717, 1.165) is 19.3 Å². The number of hydrogen-bond donors (Lipinski definition) is 0. The highest BCUT2D eigenvalue weighted by Gasteiger charge is 2.38. The van der Waals surface area contributed by atoms with Crippen LogP contribution in [0.1, 0.15) is 40.0 Å². The molecule has 0 radical (unpaired) electrons. The number of rotatable bonds is 3. The van der Waals surface area contributed by atoms with Crippen LogP contribution >= 0.6 is 11.6 Å². The van der Waals surface area contributed by atoms with Crippen LogP contribution in [0.3, 0.4) is 0 Å². The topological polar surface area (TPSA) is 17.1 Å². The maximum Gasteiger partial charge on any atom is 0.161 e. The Morgan fingerprint density at radius 2 is 2.07 bits per heavy atom. The lowest BCUT2D eigenvalue weighted by atomic mass is 9.66. The number of allylic oxidation sites excluding steroid dienone is 2. The minimum Gasteiger partial charge on any atom is -0.294 e. The fourth-order valence-electron chi connectivity index (χ4n) is 2.32. The Balaban J connectivity index is 2.78.